The third-order valence-corrected chi connectivity index (χ3v) is 6.07. The first-order valence-electron chi connectivity index (χ1n) is 9.65. The molecule has 1 aromatic heterocycles. The van der Waals surface area contributed by atoms with Gasteiger partial charge in [0, 0.05) is 33.3 Å². The summed E-state index contributed by atoms with van der Waals surface area (Å²) in [5, 5.41) is 2.95. The van der Waals surface area contributed by atoms with Crippen LogP contribution >= 0.6 is 15.9 Å². The first-order chi connectivity index (χ1) is 13.6. The lowest BCUT2D eigenvalue weighted by Gasteiger charge is -2.11. The summed E-state index contributed by atoms with van der Waals surface area (Å²) < 4.78 is 7.26. The SMILES string of the molecule is Cc1ccc(-c2c(C=C3C(=O)Nc4ccc(Br)cc43)oc3c2CCCC3)cc1. The van der Waals surface area contributed by atoms with E-state index in [0.29, 0.717) is 5.57 Å². The van der Waals surface area contributed by atoms with Gasteiger partial charge in [-0.1, -0.05) is 45.8 Å². The smallest absolute Gasteiger partial charge is 0.256 e. The van der Waals surface area contributed by atoms with Crippen LogP contribution in [-0.2, 0) is 17.6 Å². The maximum Gasteiger partial charge on any atom is 0.256 e. The fourth-order valence-electron chi connectivity index (χ4n) is 4.16. The average molecular weight is 434 g/mol. The Morgan fingerprint density at radius 1 is 1.07 bits per heavy atom. The summed E-state index contributed by atoms with van der Waals surface area (Å²) in [5.74, 6) is 1.77. The molecule has 2 aliphatic rings. The maximum atomic E-state index is 12.6. The standard InChI is InChI=1S/C24H20BrNO2/c1-14-6-8-15(9-7-14)23-17-4-2-3-5-21(17)28-22(23)13-19-18-12-16(25)10-11-20(18)26-24(19)27/h6-13H,2-5H2,1H3,(H,26,27). The minimum Gasteiger partial charge on any atom is -0.461 e. The van der Waals surface area contributed by atoms with Crippen LogP contribution in [0.2, 0.25) is 0 Å². The van der Waals surface area contributed by atoms with Gasteiger partial charge in [0.15, 0.2) is 0 Å². The molecule has 0 saturated heterocycles. The number of benzene rings is 2. The number of hydrogen-bond donors (Lipinski definition) is 1. The van der Waals surface area contributed by atoms with Gasteiger partial charge in [0.05, 0.1) is 5.57 Å². The normalized spacial score (nSPS) is 16.8. The summed E-state index contributed by atoms with van der Waals surface area (Å²) in [6, 6.07) is 14.4. The van der Waals surface area contributed by atoms with Crippen molar-refractivity contribution in [3.63, 3.8) is 0 Å². The summed E-state index contributed by atoms with van der Waals surface area (Å²) in [4.78, 5) is 12.6. The Morgan fingerprint density at radius 2 is 1.86 bits per heavy atom. The highest BCUT2D eigenvalue weighted by molar-refractivity contribution is 9.10. The number of aryl methyl sites for hydroxylation is 2. The van der Waals surface area contributed by atoms with Crippen LogP contribution in [0.25, 0.3) is 22.8 Å². The highest BCUT2D eigenvalue weighted by atomic mass is 79.9. The third kappa shape index (κ3) is 2.92. The van der Waals surface area contributed by atoms with Gasteiger partial charge in [0.1, 0.15) is 11.5 Å². The number of furan rings is 1. The molecule has 3 aromatic rings. The number of nitrogens with one attached hydrogen (secondary N) is 1. The van der Waals surface area contributed by atoms with E-state index in [1.807, 2.05) is 24.3 Å². The van der Waals surface area contributed by atoms with E-state index >= 15 is 0 Å². The van der Waals surface area contributed by atoms with Crippen molar-refractivity contribution in [2.45, 2.75) is 32.6 Å². The minimum absolute atomic E-state index is 0.0858. The molecular weight excluding hydrogens is 414 g/mol. The fraction of sp³-hybridized carbons (Fsp3) is 0.208. The van der Waals surface area contributed by atoms with Crippen LogP contribution in [0.15, 0.2) is 51.4 Å². The number of anilines is 1. The van der Waals surface area contributed by atoms with Crippen molar-refractivity contribution < 1.29 is 9.21 Å². The highest BCUT2D eigenvalue weighted by Crippen LogP contribution is 2.41. The number of rotatable bonds is 2. The van der Waals surface area contributed by atoms with E-state index in [1.165, 1.54) is 17.5 Å². The van der Waals surface area contributed by atoms with Crippen molar-refractivity contribution in [2.75, 3.05) is 5.32 Å². The van der Waals surface area contributed by atoms with Crippen LogP contribution in [0.4, 0.5) is 5.69 Å². The number of fused-ring (bicyclic) bond motifs is 2. The van der Waals surface area contributed by atoms with Gasteiger partial charge in [-0.2, -0.15) is 0 Å². The van der Waals surface area contributed by atoms with Crippen LogP contribution in [0, 0.1) is 6.92 Å². The summed E-state index contributed by atoms with van der Waals surface area (Å²) in [5.41, 5.74) is 7.22. The predicted molar refractivity (Wildman–Crippen MR) is 116 cm³/mol. The molecule has 0 bridgehead atoms. The first-order valence-corrected chi connectivity index (χ1v) is 10.4. The zero-order chi connectivity index (χ0) is 19.3. The van der Waals surface area contributed by atoms with E-state index < -0.39 is 0 Å². The second-order valence-corrected chi connectivity index (χ2v) is 8.43. The van der Waals surface area contributed by atoms with Crippen LogP contribution in [-0.4, -0.2) is 5.91 Å². The van der Waals surface area contributed by atoms with Gasteiger partial charge >= 0.3 is 0 Å². The fourth-order valence-corrected chi connectivity index (χ4v) is 4.52. The Labute approximate surface area is 172 Å². The highest BCUT2D eigenvalue weighted by Gasteiger charge is 2.28. The molecule has 1 amide bonds. The van der Waals surface area contributed by atoms with E-state index in [4.69, 9.17) is 4.42 Å². The third-order valence-electron chi connectivity index (χ3n) is 5.58. The summed E-state index contributed by atoms with van der Waals surface area (Å²) >= 11 is 3.51. The molecular formula is C24H20BrNO2. The molecule has 1 aliphatic carbocycles. The van der Waals surface area contributed by atoms with Crippen molar-refractivity contribution >= 4 is 39.2 Å². The van der Waals surface area contributed by atoms with Crippen LogP contribution < -0.4 is 5.32 Å². The lowest BCUT2D eigenvalue weighted by Crippen LogP contribution is -2.03. The average Bonchev–Trinajstić information content (AvgIpc) is 3.20. The molecule has 3 nitrogen and oxygen atoms in total. The molecule has 140 valence electrons. The second kappa shape index (κ2) is 6.78. The van der Waals surface area contributed by atoms with E-state index in [2.05, 4.69) is 52.4 Å². The molecule has 0 atom stereocenters. The predicted octanol–water partition coefficient (Wildman–Crippen LogP) is 6.39. The minimum atomic E-state index is -0.0858. The number of amides is 1. The molecule has 28 heavy (non-hydrogen) atoms. The summed E-state index contributed by atoms with van der Waals surface area (Å²) in [6.07, 6.45) is 6.24. The zero-order valence-corrected chi connectivity index (χ0v) is 17.2. The van der Waals surface area contributed by atoms with Crippen molar-refractivity contribution in [2.24, 2.45) is 0 Å². The Balaban J connectivity index is 1.70. The molecule has 0 saturated carbocycles. The number of hydrogen-bond acceptors (Lipinski definition) is 2. The van der Waals surface area contributed by atoms with Crippen molar-refractivity contribution in [3.05, 3.63) is 75.1 Å². The summed E-state index contributed by atoms with van der Waals surface area (Å²) in [6.45, 7) is 2.09. The van der Waals surface area contributed by atoms with Gasteiger partial charge in [-0.25, -0.2) is 0 Å². The molecule has 2 aromatic carbocycles. The number of carbonyl (C=O) groups excluding carboxylic acids is 1. The zero-order valence-electron chi connectivity index (χ0n) is 15.6. The Kier molecular flexibility index (Phi) is 4.24. The largest absolute Gasteiger partial charge is 0.461 e. The molecule has 4 heteroatoms. The van der Waals surface area contributed by atoms with Gasteiger partial charge in [-0.15, -0.1) is 0 Å². The van der Waals surface area contributed by atoms with Gasteiger partial charge in [-0.3, -0.25) is 4.79 Å². The van der Waals surface area contributed by atoms with Gasteiger partial charge < -0.3 is 9.73 Å². The first kappa shape index (κ1) is 17.5. The molecule has 0 fully saturated rings. The van der Waals surface area contributed by atoms with E-state index in [9.17, 15) is 4.79 Å². The van der Waals surface area contributed by atoms with Crippen molar-refractivity contribution in [1.82, 2.24) is 0 Å². The Morgan fingerprint density at radius 3 is 2.68 bits per heavy atom. The van der Waals surface area contributed by atoms with E-state index in [0.717, 1.165) is 57.6 Å². The maximum absolute atomic E-state index is 12.6. The molecule has 0 unspecified atom stereocenters. The topological polar surface area (TPSA) is 42.2 Å². The van der Waals surface area contributed by atoms with E-state index in [1.54, 1.807) is 0 Å². The summed E-state index contributed by atoms with van der Waals surface area (Å²) in [7, 11) is 0. The Bertz CT molecular complexity index is 1120. The molecule has 0 spiro atoms. The number of carbonyl (C=O) groups is 1. The van der Waals surface area contributed by atoms with Crippen molar-refractivity contribution in [3.8, 4) is 11.1 Å². The van der Waals surface area contributed by atoms with Crippen LogP contribution in [0.1, 0.15) is 41.1 Å². The van der Waals surface area contributed by atoms with Crippen LogP contribution in [0.5, 0.6) is 0 Å². The molecule has 1 N–H and O–H groups in total. The molecule has 2 heterocycles. The van der Waals surface area contributed by atoms with Gasteiger partial charge in [-0.05, 0) is 56.0 Å². The number of halogens is 1. The second-order valence-electron chi connectivity index (χ2n) is 7.52. The molecule has 0 radical (unpaired) electrons. The van der Waals surface area contributed by atoms with E-state index in [-0.39, 0.29) is 5.91 Å². The quantitative estimate of drug-likeness (QED) is 0.475. The van der Waals surface area contributed by atoms with Gasteiger partial charge in [0.25, 0.3) is 5.91 Å². The van der Waals surface area contributed by atoms with Crippen molar-refractivity contribution in [1.29, 1.82) is 0 Å². The monoisotopic (exact) mass is 433 g/mol. The van der Waals surface area contributed by atoms with Crippen LogP contribution in [0.3, 0.4) is 0 Å². The van der Waals surface area contributed by atoms with Gasteiger partial charge in [0.2, 0.25) is 0 Å². The lowest BCUT2D eigenvalue weighted by molar-refractivity contribution is -0.110. The lowest BCUT2D eigenvalue weighted by atomic mass is 9.90. The molecule has 5 rings (SSSR count). The Hall–Kier alpha value is -2.59. The molecule has 1 aliphatic heterocycles.